The lowest BCUT2D eigenvalue weighted by atomic mass is 10.1. The molecule has 3 aromatic rings. The van der Waals surface area contributed by atoms with Crippen molar-refractivity contribution in [2.24, 2.45) is 0 Å². The van der Waals surface area contributed by atoms with Crippen LogP contribution in [0.15, 0.2) is 53.6 Å². The van der Waals surface area contributed by atoms with Gasteiger partial charge >= 0.3 is 5.97 Å². The summed E-state index contributed by atoms with van der Waals surface area (Å²) in [6.45, 7) is -0.498. The van der Waals surface area contributed by atoms with Gasteiger partial charge in [0.15, 0.2) is 0 Å². The molecule has 1 aliphatic rings. The van der Waals surface area contributed by atoms with E-state index in [0.717, 1.165) is 0 Å². The van der Waals surface area contributed by atoms with Gasteiger partial charge in [-0.25, -0.2) is 17.9 Å². The molecule has 10 nitrogen and oxygen atoms in total. The van der Waals surface area contributed by atoms with Gasteiger partial charge in [0.1, 0.15) is 0 Å². The quantitative estimate of drug-likeness (QED) is 0.498. The van der Waals surface area contributed by atoms with Gasteiger partial charge in [-0.1, -0.05) is 12.1 Å². The SMILES string of the molecule is COC(=O)c1ccnc(CNC(=O)CNS(=O)(=O)c2ccc3c4c(cccc24)C(=O)N3C)c1. The molecule has 11 heteroatoms. The minimum atomic E-state index is -4.04. The van der Waals surface area contributed by atoms with Gasteiger partial charge in [-0.2, -0.15) is 0 Å². The summed E-state index contributed by atoms with van der Waals surface area (Å²) in [7, 11) is -1.16. The first-order chi connectivity index (χ1) is 15.7. The lowest BCUT2D eigenvalue weighted by molar-refractivity contribution is -0.120. The number of hydrogen-bond acceptors (Lipinski definition) is 7. The molecule has 0 spiro atoms. The summed E-state index contributed by atoms with van der Waals surface area (Å²) < 4.78 is 32.8. The zero-order valence-electron chi connectivity index (χ0n) is 17.8. The number of nitrogens with zero attached hydrogens (tertiary/aromatic N) is 2. The van der Waals surface area contributed by atoms with Crippen LogP contribution in [-0.2, 0) is 26.1 Å². The van der Waals surface area contributed by atoms with E-state index in [1.165, 1.54) is 36.4 Å². The highest BCUT2D eigenvalue weighted by Gasteiger charge is 2.30. The number of aromatic nitrogens is 1. The maximum Gasteiger partial charge on any atom is 0.337 e. The van der Waals surface area contributed by atoms with Crippen LogP contribution in [0.1, 0.15) is 26.4 Å². The minimum Gasteiger partial charge on any atom is -0.465 e. The highest BCUT2D eigenvalue weighted by molar-refractivity contribution is 7.89. The van der Waals surface area contributed by atoms with Crippen molar-refractivity contribution < 1.29 is 27.5 Å². The number of carbonyl (C=O) groups excluding carboxylic acids is 3. The molecule has 0 unspecified atom stereocenters. The topological polar surface area (TPSA) is 135 Å². The van der Waals surface area contributed by atoms with Gasteiger partial charge in [0, 0.05) is 29.6 Å². The van der Waals surface area contributed by atoms with Crippen LogP contribution >= 0.6 is 0 Å². The molecule has 2 aromatic carbocycles. The number of ether oxygens (including phenoxy) is 1. The number of sulfonamides is 1. The summed E-state index contributed by atoms with van der Waals surface area (Å²) >= 11 is 0. The number of rotatable bonds is 7. The number of nitrogens with one attached hydrogen (secondary N) is 2. The van der Waals surface area contributed by atoms with Gasteiger partial charge in [0.05, 0.1) is 42.0 Å². The standard InChI is InChI=1S/C22H20N4O6S/c1-26-17-6-7-18(15-4-3-5-16(20(15)17)21(26)28)33(30,31)25-12-19(27)24-11-14-10-13(8-9-23-14)22(29)32-2/h3-10,25H,11-12H2,1-2H3,(H,24,27). The van der Waals surface area contributed by atoms with Gasteiger partial charge in [-0.05, 0) is 30.3 Å². The molecule has 170 valence electrons. The van der Waals surface area contributed by atoms with Crippen molar-refractivity contribution in [1.82, 2.24) is 15.0 Å². The summed E-state index contributed by atoms with van der Waals surface area (Å²) in [5.41, 5.74) is 1.76. The maximum absolute atomic E-state index is 12.9. The van der Waals surface area contributed by atoms with E-state index in [1.54, 1.807) is 31.3 Å². The molecule has 0 saturated heterocycles. The summed E-state index contributed by atoms with van der Waals surface area (Å²) in [5.74, 6) is -1.32. The van der Waals surface area contributed by atoms with Crippen LogP contribution in [0.4, 0.5) is 5.69 Å². The van der Waals surface area contributed by atoms with E-state index in [-0.39, 0.29) is 22.9 Å². The van der Waals surface area contributed by atoms with Crippen molar-refractivity contribution in [3.8, 4) is 0 Å². The zero-order chi connectivity index (χ0) is 23.8. The normalized spacial score (nSPS) is 12.8. The molecule has 2 N–H and O–H groups in total. The second-order valence-corrected chi connectivity index (χ2v) is 9.04. The molecule has 1 aliphatic heterocycles. The Morgan fingerprint density at radius 3 is 2.70 bits per heavy atom. The molecule has 0 aliphatic carbocycles. The van der Waals surface area contributed by atoms with Crippen molar-refractivity contribution in [2.45, 2.75) is 11.4 Å². The fourth-order valence-corrected chi connectivity index (χ4v) is 4.84. The van der Waals surface area contributed by atoms with E-state index < -0.39 is 28.4 Å². The number of anilines is 1. The van der Waals surface area contributed by atoms with Crippen LogP contribution in [0, 0.1) is 0 Å². The van der Waals surface area contributed by atoms with E-state index in [9.17, 15) is 22.8 Å². The summed E-state index contributed by atoms with van der Waals surface area (Å²) in [5, 5.41) is 3.52. The van der Waals surface area contributed by atoms with Crippen molar-refractivity contribution in [2.75, 3.05) is 25.6 Å². The number of carbonyl (C=O) groups is 3. The Hall–Kier alpha value is -3.83. The molecule has 0 bridgehead atoms. The van der Waals surface area contributed by atoms with Gasteiger partial charge in [0.2, 0.25) is 15.9 Å². The monoisotopic (exact) mass is 468 g/mol. The smallest absolute Gasteiger partial charge is 0.337 e. The fourth-order valence-electron chi connectivity index (χ4n) is 3.65. The summed E-state index contributed by atoms with van der Waals surface area (Å²) in [6, 6.07) is 10.8. The molecule has 33 heavy (non-hydrogen) atoms. The molecule has 2 amide bonds. The van der Waals surface area contributed by atoms with Gasteiger partial charge < -0.3 is 15.0 Å². The molecule has 1 aromatic heterocycles. The van der Waals surface area contributed by atoms with E-state index in [4.69, 9.17) is 0 Å². The lowest BCUT2D eigenvalue weighted by Crippen LogP contribution is -2.36. The maximum atomic E-state index is 12.9. The van der Waals surface area contributed by atoms with Crippen molar-refractivity contribution >= 4 is 44.3 Å². The summed E-state index contributed by atoms with van der Waals surface area (Å²) in [4.78, 5) is 41.7. The first-order valence-electron chi connectivity index (χ1n) is 9.86. The molecule has 0 atom stereocenters. The average Bonchev–Trinajstić information content (AvgIpc) is 3.07. The second-order valence-electron chi connectivity index (χ2n) is 7.30. The Morgan fingerprint density at radius 1 is 1.15 bits per heavy atom. The van der Waals surface area contributed by atoms with Crippen LogP contribution in [0.2, 0.25) is 0 Å². The Balaban J connectivity index is 1.46. The highest BCUT2D eigenvalue weighted by Crippen LogP contribution is 2.39. The van der Waals surface area contributed by atoms with Crippen molar-refractivity contribution in [1.29, 1.82) is 0 Å². The Bertz CT molecular complexity index is 1400. The number of pyridine rings is 1. The zero-order valence-corrected chi connectivity index (χ0v) is 18.6. The predicted octanol–water partition coefficient (Wildman–Crippen LogP) is 1.21. The largest absolute Gasteiger partial charge is 0.465 e. The fraction of sp³-hybridized carbons (Fsp3) is 0.182. The second kappa shape index (κ2) is 8.60. The van der Waals surface area contributed by atoms with Gasteiger partial charge in [-0.3, -0.25) is 14.6 Å². The van der Waals surface area contributed by atoms with E-state index >= 15 is 0 Å². The first-order valence-corrected chi connectivity index (χ1v) is 11.3. The van der Waals surface area contributed by atoms with Crippen LogP contribution < -0.4 is 14.9 Å². The highest BCUT2D eigenvalue weighted by atomic mass is 32.2. The minimum absolute atomic E-state index is 0.000823. The molecule has 0 radical (unpaired) electrons. The number of amides is 2. The van der Waals surface area contributed by atoms with Crippen molar-refractivity contribution in [3.05, 3.63) is 65.5 Å². The van der Waals surface area contributed by atoms with Crippen LogP contribution in [0.3, 0.4) is 0 Å². The molecule has 0 fully saturated rings. The Morgan fingerprint density at radius 2 is 1.94 bits per heavy atom. The predicted molar refractivity (Wildman–Crippen MR) is 119 cm³/mol. The molecule has 2 heterocycles. The van der Waals surface area contributed by atoms with E-state index in [1.807, 2.05) is 0 Å². The van der Waals surface area contributed by atoms with Crippen LogP contribution in [0.25, 0.3) is 10.8 Å². The Labute approximate surface area is 189 Å². The number of esters is 1. The Kier molecular flexibility index (Phi) is 5.83. The lowest BCUT2D eigenvalue weighted by Gasteiger charge is -2.13. The number of hydrogen-bond donors (Lipinski definition) is 2. The van der Waals surface area contributed by atoms with Gasteiger partial charge in [0.25, 0.3) is 5.91 Å². The van der Waals surface area contributed by atoms with E-state index in [2.05, 4.69) is 19.8 Å². The molecule has 0 saturated carbocycles. The number of benzene rings is 2. The van der Waals surface area contributed by atoms with Gasteiger partial charge in [-0.15, -0.1) is 0 Å². The van der Waals surface area contributed by atoms with E-state index in [0.29, 0.717) is 27.7 Å². The number of methoxy groups -OCH3 is 1. The average molecular weight is 468 g/mol. The van der Waals surface area contributed by atoms with Crippen molar-refractivity contribution in [3.63, 3.8) is 0 Å². The third-order valence-corrected chi connectivity index (χ3v) is 6.75. The molecular formula is C22H20N4O6S. The van der Waals surface area contributed by atoms with Crippen LogP contribution in [0.5, 0.6) is 0 Å². The van der Waals surface area contributed by atoms with Crippen LogP contribution in [-0.4, -0.2) is 51.9 Å². The summed E-state index contributed by atoms with van der Waals surface area (Å²) in [6.07, 6.45) is 1.41. The molecule has 4 rings (SSSR count). The molecular weight excluding hydrogens is 448 g/mol. The third kappa shape index (κ3) is 4.15. The third-order valence-electron chi connectivity index (χ3n) is 5.29. The first kappa shape index (κ1) is 22.4.